The first-order chi connectivity index (χ1) is 11.0. The second kappa shape index (κ2) is 6.21. The first-order valence-corrected chi connectivity index (χ1v) is 10.6. The fraction of sp³-hybridized carbons (Fsp3) is 0.889. The SMILES string of the molecule is C[C@H](SC(=S)N1CCCC1)C(=O)NC12CC3CC(CC(C3)C1)C2. The fourth-order valence-corrected chi connectivity index (χ4v) is 7.22. The van der Waals surface area contributed by atoms with Crippen molar-refractivity contribution in [3.8, 4) is 0 Å². The third-order valence-corrected chi connectivity index (χ3v) is 8.01. The summed E-state index contributed by atoms with van der Waals surface area (Å²) < 4.78 is 0.913. The summed E-state index contributed by atoms with van der Waals surface area (Å²) in [5.74, 6) is 2.82. The van der Waals surface area contributed by atoms with Crippen LogP contribution in [0.25, 0.3) is 0 Å². The highest BCUT2D eigenvalue weighted by Gasteiger charge is 2.51. The summed E-state index contributed by atoms with van der Waals surface area (Å²) in [7, 11) is 0. The number of carbonyl (C=O) groups excluding carboxylic acids is 1. The number of hydrogen-bond donors (Lipinski definition) is 1. The predicted molar refractivity (Wildman–Crippen MR) is 99.5 cm³/mol. The van der Waals surface area contributed by atoms with Gasteiger partial charge in [-0.05, 0) is 76.0 Å². The maximum atomic E-state index is 12.8. The quantitative estimate of drug-likeness (QED) is 0.787. The van der Waals surface area contributed by atoms with Crippen LogP contribution in [0.4, 0.5) is 0 Å². The first-order valence-electron chi connectivity index (χ1n) is 9.31. The summed E-state index contributed by atoms with van der Waals surface area (Å²) in [6.45, 7) is 4.15. The zero-order chi connectivity index (χ0) is 16.0. The van der Waals surface area contributed by atoms with Gasteiger partial charge in [-0.15, -0.1) is 0 Å². The molecule has 3 nitrogen and oxygen atoms in total. The molecule has 5 heteroatoms. The van der Waals surface area contributed by atoms with Crippen LogP contribution in [-0.2, 0) is 4.79 Å². The lowest BCUT2D eigenvalue weighted by molar-refractivity contribution is -0.126. The van der Waals surface area contributed by atoms with Crippen LogP contribution in [0, 0.1) is 17.8 Å². The van der Waals surface area contributed by atoms with Gasteiger partial charge < -0.3 is 10.2 Å². The zero-order valence-electron chi connectivity index (χ0n) is 14.1. The van der Waals surface area contributed by atoms with Crippen molar-refractivity contribution >= 4 is 34.2 Å². The molecule has 4 aliphatic carbocycles. The highest BCUT2D eigenvalue weighted by Crippen LogP contribution is 2.55. The molecule has 23 heavy (non-hydrogen) atoms. The van der Waals surface area contributed by atoms with E-state index in [0.29, 0.717) is 0 Å². The molecule has 4 bridgehead atoms. The van der Waals surface area contributed by atoms with Gasteiger partial charge in [0.25, 0.3) is 0 Å². The Morgan fingerprint density at radius 3 is 2.17 bits per heavy atom. The molecule has 1 heterocycles. The topological polar surface area (TPSA) is 32.3 Å². The summed E-state index contributed by atoms with van der Waals surface area (Å²) in [4.78, 5) is 15.0. The van der Waals surface area contributed by atoms with Gasteiger partial charge in [0.1, 0.15) is 4.32 Å². The summed E-state index contributed by atoms with van der Waals surface area (Å²) in [5.41, 5.74) is 0.121. The molecule has 0 aromatic rings. The average molecular weight is 353 g/mol. The van der Waals surface area contributed by atoms with Crippen molar-refractivity contribution in [2.45, 2.75) is 69.1 Å². The number of nitrogens with zero attached hydrogens (tertiary/aromatic N) is 1. The first kappa shape index (κ1) is 16.2. The van der Waals surface area contributed by atoms with Gasteiger partial charge in [-0.3, -0.25) is 4.79 Å². The molecular weight excluding hydrogens is 324 g/mol. The Bertz CT molecular complexity index is 466. The zero-order valence-corrected chi connectivity index (χ0v) is 15.7. The van der Waals surface area contributed by atoms with E-state index in [1.807, 2.05) is 6.92 Å². The second-order valence-electron chi connectivity index (χ2n) is 8.41. The number of rotatable bonds is 3. The predicted octanol–water partition coefficient (Wildman–Crippen LogP) is 3.57. The molecule has 5 fully saturated rings. The summed E-state index contributed by atoms with van der Waals surface area (Å²) in [6.07, 6.45) is 10.4. The van der Waals surface area contributed by atoms with Crippen molar-refractivity contribution in [2.75, 3.05) is 13.1 Å². The Kier molecular flexibility index (Phi) is 4.38. The van der Waals surface area contributed by atoms with Gasteiger partial charge in [0.2, 0.25) is 5.91 Å². The van der Waals surface area contributed by atoms with Gasteiger partial charge in [0.05, 0.1) is 5.25 Å². The van der Waals surface area contributed by atoms with Crippen LogP contribution >= 0.6 is 24.0 Å². The lowest BCUT2D eigenvalue weighted by Gasteiger charge is -2.57. The van der Waals surface area contributed by atoms with Crippen LogP contribution in [0.1, 0.15) is 58.3 Å². The minimum atomic E-state index is -0.0731. The van der Waals surface area contributed by atoms with Gasteiger partial charge in [0.15, 0.2) is 0 Å². The van der Waals surface area contributed by atoms with Crippen LogP contribution in [0.2, 0.25) is 0 Å². The molecular formula is C18H28N2OS2. The Morgan fingerprint density at radius 2 is 1.65 bits per heavy atom. The molecule has 128 valence electrons. The van der Waals surface area contributed by atoms with E-state index >= 15 is 0 Å². The molecule has 0 spiro atoms. The molecule has 1 aliphatic heterocycles. The molecule has 5 rings (SSSR count). The third-order valence-electron chi connectivity index (χ3n) is 6.44. The smallest absolute Gasteiger partial charge is 0.233 e. The Morgan fingerprint density at radius 1 is 1.13 bits per heavy atom. The number of nitrogens with one attached hydrogen (secondary N) is 1. The van der Waals surface area contributed by atoms with E-state index in [1.54, 1.807) is 11.8 Å². The highest BCUT2D eigenvalue weighted by molar-refractivity contribution is 8.23. The van der Waals surface area contributed by atoms with Gasteiger partial charge >= 0.3 is 0 Å². The largest absolute Gasteiger partial charge is 0.358 e. The summed E-state index contributed by atoms with van der Waals surface area (Å²) in [5, 5.41) is 3.41. The minimum absolute atomic E-state index is 0.0731. The van der Waals surface area contributed by atoms with Crippen molar-refractivity contribution in [1.82, 2.24) is 10.2 Å². The number of thioether (sulfide) groups is 1. The number of amides is 1. The van der Waals surface area contributed by atoms with Crippen LogP contribution in [0.5, 0.6) is 0 Å². The van der Waals surface area contributed by atoms with Gasteiger partial charge in [-0.1, -0.05) is 24.0 Å². The van der Waals surface area contributed by atoms with E-state index in [4.69, 9.17) is 12.2 Å². The van der Waals surface area contributed by atoms with E-state index in [2.05, 4.69) is 10.2 Å². The van der Waals surface area contributed by atoms with Crippen molar-refractivity contribution in [3.05, 3.63) is 0 Å². The fourth-order valence-electron chi connectivity index (χ4n) is 5.81. The number of carbonyl (C=O) groups is 1. The molecule has 0 aromatic heterocycles. The van der Waals surface area contributed by atoms with Crippen LogP contribution in [0.3, 0.4) is 0 Å². The summed E-state index contributed by atoms with van der Waals surface area (Å²) in [6, 6.07) is 0. The van der Waals surface area contributed by atoms with Crippen molar-refractivity contribution in [2.24, 2.45) is 17.8 Å². The van der Waals surface area contributed by atoms with Crippen LogP contribution < -0.4 is 5.32 Å². The maximum absolute atomic E-state index is 12.8. The second-order valence-corrected chi connectivity index (χ2v) is 10.4. The van der Waals surface area contributed by atoms with Gasteiger partial charge in [-0.25, -0.2) is 0 Å². The van der Waals surface area contributed by atoms with E-state index in [-0.39, 0.29) is 16.7 Å². The van der Waals surface area contributed by atoms with Crippen molar-refractivity contribution < 1.29 is 4.79 Å². The third kappa shape index (κ3) is 3.28. The lowest BCUT2D eigenvalue weighted by Crippen LogP contribution is -2.60. The lowest BCUT2D eigenvalue weighted by atomic mass is 9.53. The van der Waals surface area contributed by atoms with Crippen LogP contribution in [0.15, 0.2) is 0 Å². The van der Waals surface area contributed by atoms with Gasteiger partial charge in [0, 0.05) is 18.6 Å². The standard InChI is InChI=1S/C18H28N2OS2/c1-12(23-17(22)20-4-2-3-5-20)16(21)19-18-9-13-6-14(10-18)8-15(7-13)11-18/h12-15H,2-11H2,1H3,(H,19,21)/t12-,13?,14?,15?,18?/m0/s1. The molecule has 0 aromatic carbocycles. The Hall–Kier alpha value is -0.290. The number of hydrogen-bond acceptors (Lipinski definition) is 3. The molecule has 1 N–H and O–H groups in total. The molecule has 0 radical (unpaired) electrons. The Balaban J connectivity index is 1.35. The molecule has 0 unspecified atom stereocenters. The average Bonchev–Trinajstić information content (AvgIpc) is 2.99. The number of likely N-dealkylation sites (tertiary alicyclic amines) is 1. The van der Waals surface area contributed by atoms with Crippen LogP contribution in [-0.4, -0.2) is 39.0 Å². The Labute approximate surface area is 149 Å². The highest BCUT2D eigenvalue weighted by atomic mass is 32.2. The number of thiocarbonyl (C=S) groups is 1. The van der Waals surface area contributed by atoms with E-state index in [0.717, 1.165) is 35.2 Å². The van der Waals surface area contributed by atoms with E-state index < -0.39 is 0 Å². The monoisotopic (exact) mass is 352 g/mol. The molecule has 1 amide bonds. The summed E-state index contributed by atoms with van der Waals surface area (Å²) >= 11 is 7.11. The van der Waals surface area contributed by atoms with E-state index in [1.165, 1.54) is 51.4 Å². The maximum Gasteiger partial charge on any atom is 0.233 e. The van der Waals surface area contributed by atoms with Gasteiger partial charge in [-0.2, -0.15) is 0 Å². The molecule has 1 atom stereocenters. The molecule has 5 aliphatic rings. The molecule has 4 saturated carbocycles. The minimum Gasteiger partial charge on any atom is -0.358 e. The van der Waals surface area contributed by atoms with Crippen molar-refractivity contribution in [1.29, 1.82) is 0 Å². The normalized spacial score (nSPS) is 39.5. The van der Waals surface area contributed by atoms with E-state index in [9.17, 15) is 4.79 Å². The van der Waals surface area contributed by atoms with Crippen molar-refractivity contribution in [3.63, 3.8) is 0 Å². The molecule has 1 saturated heterocycles.